The van der Waals surface area contributed by atoms with Gasteiger partial charge in [-0.05, 0) is 0 Å². The van der Waals surface area contributed by atoms with Crippen LogP contribution in [-0.2, 0) is 188 Å². The predicted molar refractivity (Wildman–Crippen MR) is 47.8 cm³/mol. The van der Waals surface area contributed by atoms with Crippen LogP contribution in [0, 0.1) is 0 Å². The Balaban J connectivity index is -0.0000000548. The summed E-state index contributed by atoms with van der Waals surface area (Å²) in [6.07, 6.45) is 0. The fraction of sp³-hybridized carbons (Fsp3) is 1.00. The van der Waals surface area contributed by atoms with Gasteiger partial charge in [0, 0.05) is 0 Å². The molecule has 0 bridgehead atoms. The molecule has 0 spiro atoms. The number of aliphatic hydroxyl groups is 3. The van der Waals surface area contributed by atoms with Crippen molar-refractivity contribution < 1.29 is 269 Å². The third-order valence-corrected chi connectivity index (χ3v) is 1.40. The molecule has 0 fully saturated rings. The molecule has 50 heavy (non-hydrogen) atoms. The van der Waals surface area contributed by atoms with E-state index in [0.717, 1.165) is 4.90 Å². The Labute approximate surface area is 304 Å². The van der Waals surface area contributed by atoms with Gasteiger partial charge in [0.15, 0.2) is 0 Å². The van der Waals surface area contributed by atoms with Crippen LogP contribution in [-0.4, -0.2) is 54.8 Å². The van der Waals surface area contributed by atoms with Crippen LogP contribution in [0.5, 0.6) is 0 Å². The van der Waals surface area contributed by atoms with Crippen molar-refractivity contribution in [3.63, 3.8) is 0 Å². The summed E-state index contributed by atoms with van der Waals surface area (Å²) in [4.78, 5) is 1.03. The van der Waals surface area contributed by atoms with E-state index in [4.69, 9.17) is 130 Å². The van der Waals surface area contributed by atoms with Crippen LogP contribution < -0.4 is 65.1 Å². The number of hydrogen-bond donors (Lipinski definition) is 4. The van der Waals surface area contributed by atoms with E-state index < -0.39 is 134 Å². The second-order valence-electron chi connectivity index (χ2n) is 5.44. The first-order valence-corrected chi connectivity index (χ1v) is 35.1. The molecule has 0 aromatic rings. The van der Waals surface area contributed by atoms with Crippen molar-refractivity contribution in [2.45, 2.75) is 0 Å². The van der Waals surface area contributed by atoms with E-state index in [1.165, 1.54) is 0 Å². The summed E-state index contributed by atoms with van der Waals surface area (Å²) in [7, 11) is 0. The van der Waals surface area contributed by atoms with Crippen LogP contribution in [0.2, 0.25) is 0 Å². The van der Waals surface area contributed by atoms with Gasteiger partial charge in [-0.2, -0.15) is 0 Å². The normalized spacial score (nSPS) is 11.4. The van der Waals surface area contributed by atoms with Gasteiger partial charge in [0.2, 0.25) is 0 Å². The molecular weight excluding hydrogens is 1410 g/mol. The monoisotopic (exact) mass is 1450 g/mol. The molecular formula is C6H16Mo8NO35-15. The Morgan fingerprint density at radius 3 is 0.360 bits per heavy atom. The number of quaternary nitrogens is 1. The molecule has 0 rings (SSSR count). The number of aliphatic hydroxyl groups excluding tert-OH is 3. The van der Waals surface area contributed by atoms with Crippen LogP contribution in [0.15, 0.2) is 0 Å². The van der Waals surface area contributed by atoms with Crippen LogP contribution in [0.25, 0.3) is 0 Å². The van der Waals surface area contributed by atoms with E-state index in [2.05, 4.69) is 0 Å². The third-order valence-electron chi connectivity index (χ3n) is 1.40. The van der Waals surface area contributed by atoms with Gasteiger partial charge in [-0.25, -0.2) is 0 Å². The zero-order valence-electron chi connectivity index (χ0n) is 22.4. The summed E-state index contributed by atoms with van der Waals surface area (Å²) in [5.74, 6) is 0. The molecule has 0 aromatic carbocycles. The summed E-state index contributed by atoms with van der Waals surface area (Å²) in [5.41, 5.74) is 0. The van der Waals surface area contributed by atoms with Crippen molar-refractivity contribution in [3.05, 3.63) is 0 Å². The van der Waals surface area contributed by atoms with E-state index in [0.29, 0.717) is 19.6 Å². The van der Waals surface area contributed by atoms with Crippen LogP contribution in [0.4, 0.5) is 0 Å². The Morgan fingerprint density at radius 1 is 0.260 bits per heavy atom. The van der Waals surface area contributed by atoms with Crippen LogP contribution in [0.3, 0.4) is 0 Å². The first kappa shape index (κ1) is 72.7. The molecule has 318 valence electrons. The van der Waals surface area contributed by atoms with Gasteiger partial charge in [0.05, 0.1) is 19.8 Å². The zero-order valence-corrected chi connectivity index (χ0v) is 38.5. The van der Waals surface area contributed by atoms with E-state index in [1.54, 1.807) is 0 Å². The van der Waals surface area contributed by atoms with Gasteiger partial charge in [0.25, 0.3) is 0 Å². The second-order valence-corrected chi connectivity index (χ2v) is 21.5. The summed E-state index contributed by atoms with van der Waals surface area (Å²) in [6.45, 7) is 2.11. The quantitative estimate of drug-likeness (QED) is 0.179. The second kappa shape index (κ2) is 36.2. The SMILES string of the molecule is OCC[NH+](CCO)CCO.[O]=[Mo](=[O])([O-])[O-].[O]=[Mo](=[O])([O-])[O-].[O]=[Mo](=[O])([O-])[O-].[O]=[Mo](=[O])([O-])[O-].[O]=[Mo](=[O])([O-])[O-].[O]=[Mo](=[O])([O-])[O-].[O]=[Mo](=[O])([O-])[O-].[O]=[Mo](=[O])([O-])[O-]. The predicted octanol–water partition coefficient (Wildman–Crippen LogP) is -24.1. The number of rotatable bonds is 6. The van der Waals surface area contributed by atoms with Crippen molar-refractivity contribution in [3.8, 4) is 0 Å². The van der Waals surface area contributed by atoms with Gasteiger partial charge in [-0.15, -0.1) is 0 Å². The van der Waals surface area contributed by atoms with Crippen LogP contribution >= 0.6 is 0 Å². The van der Waals surface area contributed by atoms with E-state index in [-0.39, 0.29) is 19.8 Å². The van der Waals surface area contributed by atoms with Gasteiger partial charge in [-0.1, -0.05) is 0 Å². The van der Waals surface area contributed by atoms with Crippen molar-refractivity contribution in [2.24, 2.45) is 0 Å². The Bertz CT molecular complexity index is 1230. The average Bonchev–Trinajstić information content (AvgIpc) is 2.57. The van der Waals surface area contributed by atoms with Crippen molar-refractivity contribution in [2.75, 3.05) is 39.5 Å². The molecule has 0 amide bonds. The van der Waals surface area contributed by atoms with Crippen LogP contribution in [0.1, 0.15) is 0 Å². The first-order chi connectivity index (χ1) is 20.8. The number of nitrogens with one attached hydrogen (secondary N) is 1. The zero-order chi connectivity index (χ0) is 43.8. The fourth-order valence-corrected chi connectivity index (χ4v) is 0.849. The maximum atomic E-state index is 8.63. The maximum absolute atomic E-state index is 8.63. The molecule has 0 aliphatic heterocycles. The molecule has 0 atom stereocenters. The molecule has 0 unspecified atom stereocenters. The summed E-state index contributed by atoms with van der Waals surface area (Å²) in [6, 6.07) is 0. The third kappa shape index (κ3) is 1060. The molecule has 36 nitrogen and oxygen atoms in total. The molecule has 0 heterocycles. The van der Waals surface area contributed by atoms with Crippen molar-refractivity contribution >= 4 is 0 Å². The minimum absolute atomic E-state index is 0.106. The molecule has 4 N–H and O–H groups in total. The van der Waals surface area contributed by atoms with Gasteiger partial charge >= 0.3 is 248 Å². The molecule has 44 heteroatoms. The van der Waals surface area contributed by atoms with Crippen molar-refractivity contribution in [1.82, 2.24) is 0 Å². The van der Waals surface area contributed by atoms with E-state index in [1.807, 2.05) is 0 Å². The van der Waals surface area contributed by atoms with E-state index >= 15 is 0 Å². The summed E-state index contributed by atoms with van der Waals surface area (Å²) >= 11 is -48.2. The summed E-state index contributed by atoms with van der Waals surface area (Å²) in [5, 5.41) is 25.5. The van der Waals surface area contributed by atoms with E-state index in [9.17, 15) is 0 Å². The average molecular weight is 1430 g/mol. The minimum atomic E-state index is -6.02. The molecule has 0 aliphatic rings. The molecule has 0 aromatic heterocycles. The topological polar surface area (TPSA) is 707 Å². The Morgan fingerprint density at radius 2 is 0.320 bits per heavy atom. The van der Waals surface area contributed by atoms with Gasteiger partial charge < -0.3 is 20.2 Å². The van der Waals surface area contributed by atoms with Gasteiger partial charge in [-0.3, -0.25) is 0 Å². The molecule has 0 aliphatic carbocycles. The summed E-state index contributed by atoms with van der Waals surface area (Å²) < 4.78 is 276. The fourth-order valence-electron chi connectivity index (χ4n) is 0.849. The Kier molecular flexibility index (Phi) is 52.6. The van der Waals surface area contributed by atoms with Crippen molar-refractivity contribution in [1.29, 1.82) is 0 Å². The Hall–Kier alpha value is 1.51. The molecule has 0 radical (unpaired) electrons. The molecule has 0 saturated heterocycles. The van der Waals surface area contributed by atoms with Gasteiger partial charge in [0.1, 0.15) is 19.6 Å². The number of hydrogen-bond acceptors (Lipinski definition) is 35. The standard InChI is InChI=1S/C6H15NO3.8Mo.32O/c8-4-1-7(2-5-9)3-6-10;;;;;;;;;;;;;;;;;;;;;;;;;;;;;;;;;;;;;;;;/h8-10H,1-6H2;;;;;;;;;;;;;;;;;;;;;;;;;;;;;;;;;;;;;;;;/q;;;;;;;;;;;;;;;;;;;;;;;;;16*-1/p+1. The molecule has 0 saturated carbocycles. The first-order valence-electron chi connectivity index (χ1n) is 8.84.